The molecule has 84 valence electrons. The van der Waals surface area contributed by atoms with Gasteiger partial charge in [0.15, 0.2) is 0 Å². The first kappa shape index (κ1) is 11.1. The van der Waals surface area contributed by atoms with E-state index in [1.54, 1.807) is 12.1 Å². The van der Waals surface area contributed by atoms with Gasteiger partial charge in [-0.2, -0.15) is 5.26 Å². The molecule has 1 fully saturated rings. The van der Waals surface area contributed by atoms with Crippen LogP contribution in [0, 0.1) is 17.1 Å². The Morgan fingerprint density at radius 2 is 2.00 bits per heavy atom. The number of benzene rings is 1. The average Bonchev–Trinajstić information content (AvgIpc) is 2.78. The summed E-state index contributed by atoms with van der Waals surface area (Å²) in [6.45, 7) is 0.431. The van der Waals surface area contributed by atoms with E-state index >= 15 is 0 Å². The molecule has 0 aliphatic heterocycles. The smallest absolute Gasteiger partial charge is 0.127 e. The van der Waals surface area contributed by atoms with Crippen molar-refractivity contribution in [1.29, 1.82) is 5.26 Å². The molecular formula is C13H15FN2. The molecule has 0 atom stereocenters. The second-order valence-corrected chi connectivity index (χ2v) is 4.35. The summed E-state index contributed by atoms with van der Waals surface area (Å²) >= 11 is 0. The van der Waals surface area contributed by atoms with Crippen LogP contribution in [0.25, 0.3) is 0 Å². The number of hydrogen-bond acceptors (Lipinski definition) is 2. The number of nitrogens with zero attached hydrogens (tertiary/aromatic N) is 1. The Bertz CT molecular complexity index is 403. The SMILES string of the molecule is N#CC1(NCc2ccccc2F)CCCC1. The highest BCUT2D eigenvalue weighted by molar-refractivity contribution is 5.19. The molecule has 0 aromatic heterocycles. The Balaban J connectivity index is 2.02. The number of nitrogens with one attached hydrogen (secondary N) is 1. The largest absolute Gasteiger partial charge is 0.295 e. The maximum absolute atomic E-state index is 13.4. The highest BCUT2D eigenvalue weighted by atomic mass is 19.1. The molecule has 2 nitrogen and oxygen atoms in total. The predicted octanol–water partition coefficient (Wildman–Crippen LogP) is 2.75. The van der Waals surface area contributed by atoms with Crippen molar-refractivity contribution in [3.8, 4) is 6.07 Å². The minimum Gasteiger partial charge on any atom is -0.295 e. The standard InChI is InChI=1S/C13H15FN2/c14-12-6-2-1-5-11(12)9-16-13(10-15)7-3-4-8-13/h1-2,5-6,16H,3-4,7-9H2. The van der Waals surface area contributed by atoms with Gasteiger partial charge in [-0.25, -0.2) is 4.39 Å². The van der Waals surface area contributed by atoms with Gasteiger partial charge in [0.2, 0.25) is 0 Å². The first-order valence-corrected chi connectivity index (χ1v) is 5.65. The third-order valence-electron chi connectivity index (χ3n) is 3.25. The molecule has 1 N–H and O–H groups in total. The summed E-state index contributed by atoms with van der Waals surface area (Å²) in [6.07, 6.45) is 3.91. The van der Waals surface area contributed by atoms with Crippen LogP contribution < -0.4 is 5.32 Å². The molecule has 1 aliphatic carbocycles. The highest BCUT2D eigenvalue weighted by Gasteiger charge is 2.33. The zero-order valence-corrected chi connectivity index (χ0v) is 9.17. The van der Waals surface area contributed by atoms with Crippen LogP contribution in [-0.4, -0.2) is 5.54 Å². The number of halogens is 1. The van der Waals surface area contributed by atoms with Crippen LogP contribution in [0.4, 0.5) is 4.39 Å². The van der Waals surface area contributed by atoms with E-state index in [-0.39, 0.29) is 5.82 Å². The summed E-state index contributed by atoms with van der Waals surface area (Å²) in [4.78, 5) is 0. The summed E-state index contributed by atoms with van der Waals surface area (Å²) in [7, 11) is 0. The molecular weight excluding hydrogens is 203 g/mol. The van der Waals surface area contributed by atoms with Crippen molar-refractivity contribution in [3.63, 3.8) is 0 Å². The van der Waals surface area contributed by atoms with Crippen LogP contribution in [0.5, 0.6) is 0 Å². The monoisotopic (exact) mass is 218 g/mol. The molecule has 0 heterocycles. The Morgan fingerprint density at radius 1 is 1.31 bits per heavy atom. The first-order valence-electron chi connectivity index (χ1n) is 5.65. The molecule has 0 spiro atoms. The van der Waals surface area contributed by atoms with E-state index in [0.717, 1.165) is 25.7 Å². The average molecular weight is 218 g/mol. The third-order valence-corrected chi connectivity index (χ3v) is 3.25. The number of rotatable bonds is 3. The van der Waals surface area contributed by atoms with Crippen molar-refractivity contribution in [2.24, 2.45) is 0 Å². The van der Waals surface area contributed by atoms with Gasteiger partial charge in [-0.15, -0.1) is 0 Å². The van der Waals surface area contributed by atoms with Crippen LogP contribution in [0.3, 0.4) is 0 Å². The van der Waals surface area contributed by atoms with E-state index in [9.17, 15) is 4.39 Å². The van der Waals surface area contributed by atoms with Crippen LogP contribution >= 0.6 is 0 Å². The van der Waals surface area contributed by atoms with Gasteiger partial charge in [0, 0.05) is 12.1 Å². The molecule has 1 aromatic rings. The van der Waals surface area contributed by atoms with Gasteiger partial charge in [-0.1, -0.05) is 31.0 Å². The van der Waals surface area contributed by atoms with Crippen molar-refractivity contribution in [3.05, 3.63) is 35.6 Å². The molecule has 3 heteroatoms. The minimum atomic E-state index is -0.428. The Kier molecular flexibility index (Phi) is 3.21. The van der Waals surface area contributed by atoms with Crippen molar-refractivity contribution in [2.75, 3.05) is 0 Å². The Hall–Kier alpha value is -1.40. The van der Waals surface area contributed by atoms with E-state index in [1.807, 2.05) is 6.07 Å². The molecule has 0 bridgehead atoms. The highest BCUT2D eigenvalue weighted by Crippen LogP contribution is 2.29. The van der Waals surface area contributed by atoms with E-state index in [0.29, 0.717) is 12.1 Å². The van der Waals surface area contributed by atoms with Gasteiger partial charge in [0.05, 0.1) is 6.07 Å². The van der Waals surface area contributed by atoms with Crippen molar-refractivity contribution < 1.29 is 4.39 Å². The molecule has 1 aliphatic rings. The molecule has 0 unspecified atom stereocenters. The van der Waals surface area contributed by atoms with Crippen LogP contribution in [0.15, 0.2) is 24.3 Å². The zero-order valence-electron chi connectivity index (χ0n) is 9.17. The Labute approximate surface area is 95.1 Å². The topological polar surface area (TPSA) is 35.8 Å². The van der Waals surface area contributed by atoms with Gasteiger partial charge in [0.1, 0.15) is 11.4 Å². The summed E-state index contributed by atoms with van der Waals surface area (Å²) < 4.78 is 13.4. The summed E-state index contributed by atoms with van der Waals surface area (Å²) in [6, 6.07) is 9.02. The fraction of sp³-hybridized carbons (Fsp3) is 0.462. The van der Waals surface area contributed by atoms with Gasteiger partial charge in [0.25, 0.3) is 0 Å². The van der Waals surface area contributed by atoms with Crippen LogP contribution in [-0.2, 0) is 6.54 Å². The lowest BCUT2D eigenvalue weighted by molar-refractivity contribution is 0.416. The Morgan fingerprint density at radius 3 is 2.62 bits per heavy atom. The van der Waals surface area contributed by atoms with E-state index in [2.05, 4.69) is 11.4 Å². The van der Waals surface area contributed by atoms with Gasteiger partial charge in [-0.05, 0) is 18.9 Å². The van der Waals surface area contributed by atoms with Gasteiger partial charge >= 0.3 is 0 Å². The quantitative estimate of drug-likeness (QED) is 0.846. The van der Waals surface area contributed by atoms with Crippen molar-refractivity contribution in [2.45, 2.75) is 37.8 Å². The fourth-order valence-corrected chi connectivity index (χ4v) is 2.21. The lowest BCUT2D eigenvalue weighted by Crippen LogP contribution is -2.40. The van der Waals surface area contributed by atoms with Crippen LogP contribution in [0.2, 0.25) is 0 Å². The lowest BCUT2D eigenvalue weighted by atomic mass is 9.99. The molecule has 1 aromatic carbocycles. The molecule has 0 radical (unpaired) electrons. The number of nitriles is 1. The first-order chi connectivity index (χ1) is 7.76. The molecule has 2 rings (SSSR count). The molecule has 16 heavy (non-hydrogen) atoms. The lowest BCUT2D eigenvalue weighted by Gasteiger charge is -2.22. The number of hydrogen-bond donors (Lipinski definition) is 1. The molecule has 0 saturated heterocycles. The fourth-order valence-electron chi connectivity index (χ4n) is 2.21. The second kappa shape index (κ2) is 4.63. The van der Waals surface area contributed by atoms with E-state index in [4.69, 9.17) is 5.26 Å². The maximum atomic E-state index is 13.4. The zero-order chi connectivity index (χ0) is 11.4. The van der Waals surface area contributed by atoms with Crippen LogP contribution in [0.1, 0.15) is 31.2 Å². The summed E-state index contributed by atoms with van der Waals surface area (Å²) in [5.74, 6) is -0.207. The summed E-state index contributed by atoms with van der Waals surface area (Å²) in [5, 5.41) is 12.4. The minimum absolute atomic E-state index is 0.207. The van der Waals surface area contributed by atoms with E-state index in [1.165, 1.54) is 6.07 Å². The van der Waals surface area contributed by atoms with Crippen molar-refractivity contribution >= 4 is 0 Å². The van der Waals surface area contributed by atoms with Gasteiger partial charge < -0.3 is 0 Å². The van der Waals surface area contributed by atoms with E-state index < -0.39 is 5.54 Å². The van der Waals surface area contributed by atoms with Gasteiger partial charge in [-0.3, -0.25) is 5.32 Å². The maximum Gasteiger partial charge on any atom is 0.127 e. The second-order valence-electron chi connectivity index (χ2n) is 4.35. The summed E-state index contributed by atoms with van der Waals surface area (Å²) in [5.41, 5.74) is 0.200. The van der Waals surface area contributed by atoms with Crippen molar-refractivity contribution in [1.82, 2.24) is 5.32 Å². The normalized spacial score (nSPS) is 18.2. The third kappa shape index (κ3) is 2.23. The molecule has 1 saturated carbocycles. The molecule has 0 amide bonds. The predicted molar refractivity (Wildman–Crippen MR) is 60.1 cm³/mol.